The van der Waals surface area contributed by atoms with Gasteiger partial charge in [0.2, 0.25) is 5.91 Å². The van der Waals surface area contributed by atoms with Crippen LogP contribution in [0, 0.1) is 11.7 Å². The maximum Gasteiger partial charge on any atom is 0.228 e. The number of aromatic nitrogens is 4. The first-order valence-corrected chi connectivity index (χ1v) is 9.89. The molecule has 4 rings (SSSR count). The molecule has 9 heteroatoms. The second-order valence-electron chi connectivity index (χ2n) is 7.11. The van der Waals surface area contributed by atoms with Gasteiger partial charge in [0.05, 0.1) is 11.4 Å². The summed E-state index contributed by atoms with van der Waals surface area (Å²) < 4.78 is 14.5. The molecule has 31 heavy (non-hydrogen) atoms. The van der Waals surface area contributed by atoms with Crippen molar-refractivity contribution in [2.75, 3.05) is 10.6 Å². The fourth-order valence-corrected chi connectivity index (χ4v) is 3.07. The van der Waals surface area contributed by atoms with Gasteiger partial charge in [-0.2, -0.15) is 0 Å². The Balaban J connectivity index is 1.76. The Labute approximate surface area is 182 Å². The summed E-state index contributed by atoms with van der Waals surface area (Å²) in [7, 11) is 0. The standard InChI is InChI=1S/C22H18ClFN6O/c1-12(2)22(31)30-20-10-19(26-11-27-20)28-17-9-18(15-8-13(23)5-6-16(15)24)29-21-14(17)4-3-7-25-21/h3-12H,1-2H3,(H2,25,26,27,28,29,30,31). The molecule has 2 N–H and O–H groups in total. The van der Waals surface area contributed by atoms with Gasteiger partial charge in [0.15, 0.2) is 5.65 Å². The number of hydrogen-bond donors (Lipinski definition) is 2. The van der Waals surface area contributed by atoms with Crippen LogP contribution in [0.3, 0.4) is 0 Å². The van der Waals surface area contributed by atoms with Gasteiger partial charge in [-0.05, 0) is 36.4 Å². The number of carbonyl (C=O) groups is 1. The molecule has 0 aliphatic rings. The summed E-state index contributed by atoms with van der Waals surface area (Å²) in [5, 5.41) is 7.05. The van der Waals surface area contributed by atoms with Crippen LogP contribution in [0.5, 0.6) is 0 Å². The maximum atomic E-state index is 14.5. The highest BCUT2D eigenvalue weighted by Gasteiger charge is 2.14. The van der Waals surface area contributed by atoms with E-state index in [0.717, 1.165) is 5.39 Å². The number of pyridine rings is 2. The van der Waals surface area contributed by atoms with Gasteiger partial charge in [0.1, 0.15) is 23.8 Å². The van der Waals surface area contributed by atoms with E-state index in [1.54, 1.807) is 38.2 Å². The molecule has 0 unspecified atom stereocenters. The SMILES string of the molecule is CC(C)C(=O)Nc1cc(Nc2cc(-c3cc(Cl)ccc3F)nc3ncccc23)ncn1. The third kappa shape index (κ3) is 4.59. The molecule has 1 amide bonds. The van der Waals surface area contributed by atoms with Gasteiger partial charge >= 0.3 is 0 Å². The molecule has 0 atom stereocenters. The summed E-state index contributed by atoms with van der Waals surface area (Å²) >= 11 is 6.06. The Morgan fingerprint density at radius 3 is 2.68 bits per heavy atom. The Morgan fingerprint density at radius 1 is 1.06 bits per heavy atom. The van der Waals surface area contributed by atoms with Crippen LogP contribution in [-0.2, 0) is 4.79 Å². The fourth-order valence-electron chi connectivity index (χ4n) is 2.89. The topological polar surface area (TPSA) is 92.7 Å². The number of nitrogens with one attached hydrogen (secondary N) is 2. The smallest absolute Gasteiger partial charge is 0.228 e. The average molecular weight is 437 g/mol. The summed E-state index contributed by atoms with van der Waals surface area (Å²) in [5.41, 5.74) is 1.68. The van der Waals surface area contributed by atoms with Crippen molar-refractivity contribution in [2.24, 2.45) is 5.92 Å². The second kappa shape index (κ2) is 8.61. The highest BCUT2D eigenvalue weighted by molar-refractivity contribution is 6.30. The van der Waals surface area contributed by atoms with E-state index in [0.29, 0.717) is 33.7 Å². The van der Waals surface area contributed by atoms with Gasteiger partial charge in [0.25, 0.3) is 0 Å². The summed E-state index contributed by atoms with van der Waals surface area (Å²) in [6.07, 6.45) is 2.96. The fraction of sp³-hybridized carbons (Fsp3) is 0.136. The molecule has 0 saturated heterocycles. The molecular formula is C22H18ClFN6O. The van der Waals surface area contributed by atoms with Crippen LogP contribution >= 0.6 is 11.6 Å². The molecule has 7 nitrogen and oxygen atoms in total. The van der Waals surface area contributed by atoms with Crippen LogP contribution in [0.25, 0.3) is 22.3 Å². The van der Waals surface area contributed by atoms with Gasteiger partial charge in [-0.3, -0.25) is 4.79 Å². The Bertz CT molecular complexity index is 1280. The van der Waals surface area contributed by atoms with E-state index < -0.39 is 5.82 Å². The number of nitrogens with zero attached hydrogens (tertiary/aromatic N) is 4. The van der Waals surface area contributed by atoms with Gasteiger partial charge < -0.3 is 10.6 Å². The molecule has 0 fully saturated rings. The average Bonchev–Trinajstić information content (AvgIpc) is 2.75. The lowest BCUT2D eigenvalue weighted by Crippen LogP contribution is -2.18. The van der Waals surface area contributed by atoms with Crippen molar-refractivity contribution >= 4 is 45.9 Å². The molecule has 1 aromatic carbocycles. The maximum absolute atomic E-state index is 14.5. The minimum atomic E-state index is -0.446. The van der Waals surface area contributed by atoms with E-state index in [4.69, 9.17) is 11.6 Å². The van der Waals surface area contributed by atoms with Crippen LogP contribution in [0.1, 0.15) is 13.8 Å². The van der Waals surface area contributed by atoms with Crippen molar-refractivity contribution in [3.8, 4) is 11.3 Å². The molecule has 0 spiro atoms. The van der Waals surface area contributed by atoms with Gasteiger partial charge in [-0.15, -0.1) is 0 Å². The van der Waals surface area contributed by atoms with Crippen LogP contribution in [0.15, 0.2) is 55.0 Å². The molecule has 0 aliphatic carbocycles. The van der Waals surface area contributed by atoms with Crippen molar-refractivity contribution in [1.29, 1.82) is 0 Å². The first-order chi connectivity index (χ1) is 14.9. The first kappa shape index (κ1) is 20.6. The van der Waals surface area contributed by atoms with Gasteiger partial charge in [-0.25, -0.2) is 24.3 Å². The van der Waals surface area contributed by atoms with E-state index in [1.807, 2.05) is 6.07 Å². The molecule has 3 aromatic heterocycles. The highest BCUT2D eigenvalue weighted by Crippen LogP contribution is 2.31. The lowest BCUT2D eigenvalue weighted by atomic mass is 10.1. The monoisotopic (exact) mass is 436 g/mol. The minimum absolute atomic E-state index is 0.151. The zero-order valence-corrected chi connectivity index (χ0v) is 17.5. The predicted octanol–water partition coefficient (Wildman–Crippen LogP) is 5.22. The Kier molecular flexibility index (Phi) is 5.73. The lowest BCUT2D eigenvalue weighted by molar-refractivity contribution is -0.118. The third-order valence-corrected chi connectivity index (χ3v) is 4.73. The highest BCUT2D eigenvalue weighted by atomic mass is 35.5. The molecule has 0 radical (unpaired) electrons. The number of anilines is 3. The van der Waals surface area contributed by atoms with E-state index in [1.165, 1.54) is 24.5 Å². The number of carbonyl (C=O) groups excluding carboxylic acids is 1. The van der Waals surface area contributed by atoms with Crippen LogP contribution in [-0.4, -0.2) is 25.8 Å². The normalized spacial score (nSPS) is 11.0. The summed E-state index contributed by atoms with van der Waals surface area (Å²) in [6, 6.07) is 11.2. The molecule has 0 bridgehead atoms. The molecule has 3 heterocycles. The third-order valence-electron chi connectivity index (χ3n) is 4.49. The number of benzene rings is 1. The summed E-state index contributed by atoms with van der Waals surface area (Å²) in [5.74, 6) is 0.0363. The zero-order valence-electron chi connectivity index (χ0n) is 16.7. The zero-order chi connectivity index (χ0) is 22.0. The number of hydrogen-bond acceptors (Lipinski definition) is 6. The van der Waals surface area contributed by atoms with Gasteiger partial charge in [0, 0.05) is 34.2 Å². The minimum Gasteiger partial charge on any atom is -0.339 e. The Hall–Kier alpha value is -3.65. The van der Waals surface area contributed by atoms with Crippen molar-refractivity contribution < 1.29 is 9.18 Å². The number of amides is 1. The second-order valence-corrected chi connectivity index (χ2v) is 7.55. The van der Waals surface area contributed by atoms with Crippen molar-refractivity contribution in [3.05, 3.63) is 65.8 Å². The van der Waals surface area contributed by atoms with Crippen molar-refractivity contribution in [2.45, 2.75) is 13.8 Å². The lowest BCUT2D eigenvalue weighted by Gasteiger charge is -2.13. The van der Waals surface area contributed by atoms with Crippen LogP contribution < -0.4 is 10.6 Å². The molecule has 0 aliphatic heterocycles. The number of fused-ring (bicyclic) bond motifs is 1. The van der Waals surface area contributed by atoms with Gasteiger partial charge in [-0.1, -0.05) is 25.4 Å². The first-order valence-electron chi connectivity index (χ1n) is 9.52. The predicted molar refractivity (Wildman–Crippen MR) is 119 cm³/mol. The van der Waals surface area contributed by atoms with Crippen LogP contribution in [0.2, 0.25) is 5.02 Å². The largest absolute Gasteiger partial charge is 0.339 e. The number of rotatable bonds is 5. The summed E-state index contributed by atoms with van der Waals surface area (Å²) in [4.78, 5) is 29.0. The van der Waals surface area contributed by atoms with E-state index in [9.17, 15) is 9.18 Å². The Morgan fingerprint density at radius 2 is 1.87 bits per heavy atom. The number of halogens is 2. The van der Waals surface area contributed by atoms with E-state index in [2.05, 4.69) is 30.6 Å². The quantitative estimate of drug-likeness (QED) is 0.445. The van der Waals surface area contributed by atoms with Crippen LogP contribution in [0.4, 0.5) is 21.7 Å². The van der Waals surface area contributed by atoms with E-state index in [-0.39, 0.29) is 17.4 Å². The molecular weight excluding hydrogens is 419 g/mol. The molecule has 0 saturated carbocycles. The summed E-state index contributed by atoms with van der Waals surface area (Å²) in [6.45, 7) is 3.59. The molecule has 4 aromatic rings. The van der Waals surface area contributed by atoms with E-state index >= 15 is 0 Å². The van der Waals surface area contributed by atoms with Crippen molar-refractivity contribution in [3.63, 3.8) is 0 Å². The van der Waals surface area contributed by atoms with Crippen molar-refractivity contribution in [1.82, 2.24) is 19.9 Å². The molecule has 156 valence electrons.